The number of aromatic nitrogens is 2. The van der Waals surface area contributed by atoms with Crippen molar-refractivity contribution in [3.63, 3.8) is 0 Å². The molecule has 4 rings (SSSR count). The number of nitrogens with one attached hydrogen (secondary N) is 1. The fourth-order valence-corrected chi connectivity index (χ4v) is 4.32. The van der Waals surface area contributed by atoms with Crippen LogP contribution in [0.15, 0.2) is 36.5 Å². The third kappa shape index (κ3) is 5.57. The van der Waals surface area contributed by atoms with Gasteiger partial charge in [-0.2, -0.15) is 13.2 Å². The van der Waals surface area contributed by atoms with Crippen LogP contribution in [0.5, 0.6) is 0 Å². The molecule has 1 atom stereocenters. The van der Waals surface area contributed by atoms with E-state index in [-0.39, 0.29) is 10.7 Å². The summed E-state index contributed by atoms with van der Waals surface area (Å²) in [6.45, 7) is 8.28. The van der Waals surface area contributed by atoms with E-state index in [0.717, 1.165) is 50.5 Å². The first kappa shape index (κ1) is 24.9. The van der Waals surface area contributed by atoms with Crippen molar-refractivity contribution in [2.75, 3.05) is 42.9 Å². The molecule has 3 aromatic rings. The molecule has 1 aliphatic heterocycles. The topological polar surface area (TPSA) is 87.4 Å². The molecule has 1 saturated heterocycles. The summed E-state index contributed by atoms with van der Waals surface area (Å²) in [6.07, 6.45) is -2.95. The molecule has 1 aliphatic rings. The molecule has 1 N–H and O–H groups in total. The first-order chi connectivity index (χ1) is 16.5. The second kappa shape index (κ2) is 9.82. The average molecular weight is 509 g/mol. The number of hydrogen-bond donors (Lipinski definition) is 1. The number of fused-ring (bicyclic) bond motifs is 1. The van der Waals surface area contributed by atoms with Gasteiger partial charge in [-0.15, -0.1) is 0 Å². The number of piperazine rings is 1. The van der Waals surface area contributed by atoms with E-state index < -0.39 is 28.4 Å². The van der Waals surface area contributed by atoms with E-state index in [1.165, 1.54) is 0 Å². The number of pyridine rings is 2. The molecular formula is C23H24ClF3N6O2. The number of anilines is 2. The first-order valence-corrected chi connectivity index (χ1v) is 11.5. The van der Waals surface area contributed by atoms with Crippen molar-refractivity contribution >= 4 is 39.7 Å². The van der Waals surface area contributed by atoms with Crippen molar-refractivity contribution < 1.29 is 18.1 Å². The summed E-state index contributed by atoms with van der Waals surface area (Å²) in [6, 6.07) is 5.35. The van der Waals surface area contributed by atoms with Crippen LogP contribution in [0.1, 0.15) is 31.0 Å². The molecule has 0 unspecified atom stereocenters. The lowest BCUT2D eigenvalue weighted by atomic mass is 10.0. The Hall–Kier alpha value is -3.18. The Labute approximate surface area is 204 Å². The Kier molecular flexibility index (Phi) is 7.00. The molecule has 0 bridgehead atoms. The van der Waals surface area contributed by atoms with Gasteiger partial charge in [-0.3, -0.25) is 15.1 Å². The van der Waals surface area contributed by atoms with Crippen LogP contribution in [0.2, 0.25) is 5.15 Å². The number of hydrogen-bond acceptors (Lipinski definition) is 7. The lowest BCUT2D eigenvalue weighted by Gasteiger charge is -2.35. The molecule has 0 radical (unpaired) electrons. The lowest BCUT2D eigenvalue weighted by Crippen LogP contribution is -2.46. The highest BCUT2D eigenvalue weighted by atomic mass is 35.5. The smallest absolute Gasteiger partial charge is 0.368 e. The van der Waals surface area contributed by atoms with Crippen LogP contribution in [-0.2, 0) is 6.18 Å². The van der Waals surface area contributed by atoms with Crippen molar-refractivity contribution in [3.8, 4) is 0 Å². The van der Waals surface area contributed by atoms with Crippen LogP contribution >= 0.6 is 11.6 Å². The van der Waals surface area contributed by atoms with Gasteiger partial charge >= 0.3 is 6.18 Å². The van der Waals surface area contributed by atoms with Gasteiger partial charge in [0.1, 0.15) is 11.0 Å². The van der Waals surface area contributed by atoms with Gasteiger partial charge in [0.05, 0.1) is 33.9 Å². The van der Waals surface area contributed by atoms with Crippen LogP contribution in [0, 0.1) is 10.1 Å². The third-order valence-corrected chi connectivity index (χ3v) is 6.34. The van der Waals surface area contributed by atoms with Crippen LogP contribution in [-0.4, -0.2) is 52.5 Å². The predicted octanol–water partition coefficient (Wildman–Crippen LogP) is 5.53. The van der Waals surface area contributed by atoms with Gasteiger partial charge in [0, 0.05) is 49.8 Å². The second-order valence-electron chi connectivity index (χ2n) is 8.41. The molecule has 0 aliphatic carbocycles. The van der Waals surface area contributed by atoms with Crippen molar-refractivity contribution in [1.82, 2.24) is 14.9 Å². The van der Waals surface area contributed by atoms with Gasteiger partial charge in [-0.1, -0.05) is 18.5 Å². The zero-order valence-corrected chi connectivity index (χ0v) is 19.9. The van der Waals surface area contributed by atoms with Crippen LogP contribution in [0.3, 0.4) is 0 Å². The van der Waals surface area contributed by atoms with Crippen LogP contribution < -0.4 is 10.2 Å². The van der Waals surface area contributed by atoms with Crippen molar-refractivity contribution in [3.05, 3.63) is 62.9 Å². The van der Waals surface area contributed by atoms with E-state index in [2.05, 4.69) is 32.0 Å². The maximum absolute atomic E-state index is 13.3. The van der Waals surface area contributed by atoms with Crippen molar-refractivity contribution in [2.24, 2.45) is 0 Å². The molecule has 186 valence electrons. The van der Waals surface area contributed by atoms with E-state index in [0.29, 0.717) is 22.8 Å². The zero-order chi connectivity index (χ0) is 25.3. The van der Waals surface area contributed by atoms with E-state index in [1.54, 1.807) is 19.2 Å². The Morgan fingerprint density at radius 1 is 1.17 bits per heavy atom. The number of rotatable bonds is 6. The molecule has 35 heavy (non-hydrogen) atoms. The fraction of sp³-hybridized carbons (Fsp3) is 0.391. The summed E-state index contributed by atoms with van der Waals surface area (Å²) in [5.41, 5.74) is -0.147. The molecule has 0 saturated carbocycles. The first-order valence-electron chi connectivity index (χ1n) is 11.1. The van der Waals surface area contributed by atoms with Gasteiger partial charge < -0.3 is 15.1 Å². The average Bonchev–Trinajstić information content (AvgIpc) is 2.83. The third-order valence-electron chi connectivity index (χ3n) is 6.15. The second-order valence-corrected chi connectivity index (χ2v) is 8.80. The van der Waals surface area contributed by atoms with E-state index in [4.69, 9.17) is 11.6 Å². The summed E-state index contributed by atoms with van der Waals surface area (Å²) in [5, 5.41) is 15.1. The van der Waals surface area contributed by atoms with Gasteiger partial charge in [-0.25, -0.2) is 4.98 Å². The number of nitro benzene ring substituents is 1. The van der Waals surface area contributed by atoms with E-state index >= 15 is 0 Å². The highest BCUT2D eigenvalue weighted by molar-refractivity contribution is 6.30. The van der Waals surface area contributed by atoms with Gasteiger partial charge in [0.2, 0.25) is 0 Å². The molecule has 0 spiro atoms. The maximum Gasteiger partial charge on any atom is 0.416 e. The van der Waals surface area contributed by atoms with Gasteiger partial charge in [-0.05, 0) is 31.2 Å². The highest BCUT2D eigenvalue weighted by Crippen LogP contribution is 2.36. The summed E-state index contributed by atoms with van der Waals surface area (Å²) in [7, 11) is 0. The lowest BCUT2D eigenvalue weighted by molar-refractivity contribution is -0.385. The fourth-order valence-electron chi connectivity index (χ4n) is 4.13. The van der Waals surface area contributed by atoms with E-state index in [9.17, 15) is 23.3 Å². The molecule has 2 aromatic heterocycles. The van der Waals surface area contributed by atoms with Crippen LogP contribution in [0.25, 0.3) is 10.9 Å². The van der Waals surface area contributed by atoms with Crippen LogP contribution in [0.4, 0.5) is 30.4 Å². The zero-order valence-electron chi connectivity index (χ0n) is 19.1. The SMILES string of the molecule is CCN1CCN(c2cnc3cc(Cl)nc(N[C@H](C)c4cc([N+](=O)[O-])cc(C(F)(F)F)c4)c3c2)CC1. The Morgan fingerprint density at radius 2 is 1.89 bits per heavy atom. The molecule has 1 aromatic carbocycles. The number of nitro groups is 1. The number of non-ortho nitro benzene ring substituents is 1. The van der Waals surface area contributed by atoms with Gasteiger partial charge in [0.25, 0.3) is 5.69 Å². The molecule has 8 nitrogen and oxygen atoms in total. The largest absolute Gasteiger partial charge is 0.416 e. The monoisotopic (exact) mass is 508 g/mol. The number of nitrogens with zero attached hydrogens (tertiary/aromatic N) is 5. The predicted molar refractivity (Wildman–Crippen MR) is 129 cm³/mol. The Bertz CT molecular complexity index is 1250. The number of benzene rings is 1. The summed E-state index contributed by atoms with van der Waals surface area (Å²) in [5.74, 6) is 0.335. The highest BCUT2D eigenvalue weighted by Gasteiger charge is 2.33. The summed E-state index contributed by atoms with van der Waals surface area (Å²) < 4.78 is 40.0. The maximum atomic E-state index is 13.3. The summed E-state index contributed by atoms with van der Waals surface area (Å²) >= 11 is 6.18. The minimum atomic E-state index is -4.72. The number of alkyl halides is 3. The number of likely N-dealkylation sites (N-methyl/N-ethyl adjacent to an activating group) is 1. The molecule has 3 heterocycles. The summed E-state index contributed by atoms with van der Waals surface area (Å²) in [4.78, 5) is 23.8. The van der Waals surface area contributed by atoms with Crippen molar-refractivity contribution in [2.45, 2.75) is 26.1 Å². The molecule has 12 heteroatoms. The minimum absolute atomic E-state index is 0.0984. The van der Waals surface area contributed by atoms with Crippen molar-refractivity contribution in [1.29, 1.82) is 0 Å². The Balaban J connectivity index is 1.68. The van der Waals surface area contributed by atoms with E-state index in [1.807, 2.05) is 6.07 Å². The molecule has 1 fully saturated rings. The Morgan fingerprint density at radius 3 is 2.51 bits per heavy atom. The standard InChI is InChI=1S/C23H24ClF3N6O2/c1-3-31-4-6-32(7-5-31)18-11-19-20(28-13-18)12-21(24)30-22(19)29-14(2)15-8-16(23(25,26)27)10-17(9-15)33(34)35/h8-14H,3-7H2,1-2H3,(H,29,30)/t14-/m1/s1. The normalized spacial score (nSPS) is 15.9. The van der Waals surface area contributed by atoms with Gasteiger partial charge in [0.15, 0.2) is 0 Å². The quantitative estimate of drug-likeness (QED) is 0.266. The number of halogens is 4. The minimum Gasteiger partial charge on any atom is -0.368 e. The molecular weight excluding hydrogens is 485 g/mol. The molecule has 0 amide bonds.